The number of pyridine rings is 1. The lowest BCUT2D eigenvalue weighted by Crippen LogP contribution is -1.99. The Hall–Kier alpha value is -6.80. The summed E-state index contributed by atoms with van der Waals surface area (Å²) in [6.07, 6.45) is 0. The number of rotatable bonds is 5. The Morgan fingerprint density at radius 2 is 1.00 bits per heavy atom. The molecule has 3 heterocycles. The molecule has 10 rings (SSSR count). The van der Waals surface area contributed by atoms with Crippen molar-refractivity contribution in [1.82, 2.24) is 9.55 Å². The maximum Gasteiger partial charge on any atom is 0.0998 e. The van der Waals surface area contributed by atoms with E-state index < -0.39 is 0 Å². The summed E-state index contributed by atoms with van der Waals surface area (Å²) in [5.74, 6) is 0. The van der Waals surface area contributed by atoms with Gasteiger partial charge in [0.1, 0.15) is 0 Å². The molecule has 0 N–H and O–H groups in total. The summed E-state index contributed by atoms with van der Waals surface area (Å²) in [6, 6.07) is 64.2. The third kappa shape index (κ3) is 4.91. The molecule has 242 valence electrons. The van der Waals surface area contributed by atoms with Gasteiger partial charge in [-0.05, 0) is 77.4 Å². The zero-order chi connectivity index (χ0) is 34.6. The van der Waals surface area contributed by atoms with Gasteiger partial charge in [0.15, 0.2) is 0 Å². The average molecular weight is 680 g/mol. The second kappa shape index (κ2) is 12.2. The lowest BCUT2D eigenvalue weighted by molar-refractivity contribution is 1.18. The van der Waals surface area contributed by atoms with Crippen molar-refractivity contribution < 1.29 is 0 Å². The highest BCUT2D eigenvalue weighted by molar-refractivity contribution is 7.25. The molecule has 0 amide bonds. The standard InChI is InChI=1S/C48H29N3S/c49-30-35-16-11-21-45(51-43-19-9-7-17-37(43)38-18-8-10-20-44(38)51)48(35)34-23-25-47-40(27-34)39-26-33(22-24-46(39)52-47)42-29-36(31-12-3-1-4-13-31)28-41(50-42)32-14-5-2-6-15-32/h1-29H. The first-order valence-corrected chi connectivity index (χ1v) is 18.2. The van der Waals surface area contributed by atoms with E-state index in [-0.39, 0.29) is 0 Å². The first kappa shape index (κ1) is 30.1. The average Bonchev–Trinajstić information content (AvgIpc) is 3.76. The first-order valence-electron chi connectivity index (χ1n) is 17.4. The smallest absolute Gasteiger partial charge is 0.0998 e. The number of hydrogen-bond donors (Lipinski definition) is 0. The van der Waals surface area contributed by atoms with Gasteiger partial charge in [-0.15, -0.1) is 11.3 Å². The molecule has 7 aromatic carbocycles. The molecule has 0 aliphatic rings. The van der Waals surface area contributed by atoms with Gasteiger partial charge in [0, 0.05) is 47.6 Å². The SMILES string of the molecule is N#Cc1cccc(-n2c3ccccc3c3ccccc32)c1-c1ccc2sc3ccc(-c4cc(-c5ccccc5)cc(-c5ccccc5)n4)cc3c2c1. The Balaban J connectivity index is 1.17. The molecule has 0 fully saturated rings. The van der Waals surface area contributed by atoms with Gasteiger partial charge in [-0.3, -0.25) is 0 Å². The van der Waals surface area contributed by atoms with Crippen LogP contribution in [0, 0.1) is 11.3 Å². The van der Waals surface area contributed by atoms with Crippen molar-refractivity contribution in [2.24, 2.45) is 0 Å². The summed E-state index contributed by atoms with van der Waals surface area (Å²) >= 11 is 1.79. The molecule has 0 aliphatic heterocycles. The van der Waals surface area contributed by atoms with Crippen molar-refractivity contribution in [3.63, 3.8) is 0 Å². The van der Waals surface area contributed by atoms with Gasteiger partial charge in [0.25, 0.3) is 0 Å². The molecule has 0 bridgehead atoms. The first-order chi connectivity index (χ1) is 25.7. The Morgan fingerprint density at radius 3 is 1.65 bits per heavy atom. The minimum atomic E-state index is 0.648. The van der Waals surface area contributed by atoms with Crippen molar-refractivity contribution >= 4 is 53.3 Å². The van der Waals surface area contributed by atoms with Gasteiger partial charge >= 0.3 is 0 Å². The Kier molecular flexibility index (Phi) is 7.06. The zero-order valence-electron chi connectivity index (χ0n) is 28.0. The van der Waals surface area contributed by atoms with E-state index >= 15 is 0 Å². The van der Waals surface area contributed by atoms with Crippen molar-refractivity contribution in [3.05, 3.63) is 181 Å². The molecule has 0 saturated heterocycles. The predicted molar refractivity (Wildman–Crippen MR) is 218 cm³/mol. The normalized spacial score (nSPS) is 11.4. The maximum absolute atomic E-state index is 10.5. The highest BCUT2D eigenvalue weighted by atomic mass is 32.1. The van der Waals surface area contributed by atoms with Crippen LogP contribution in [-0.4, -0.2) is 9.55 Å². The molecule has 3 nitrogen and oxygen atoms in total. The molecule has 3 aromatic heterocycles. The number of thiophene rings is 1. The fourth-order valence-corrected chi connectivity index (χ4v) is 8.70. The van der Waals surface area contributed by atoms with Crippen LogP contribution in [0.15, 0.2) is 176 Å². The maximum atomic E-state index is 10.5. The molecule has 0 unspecified atom stereocenters. The van der Waals surface area contributed by atoms with Crippen LogP contribution in [0.25, 0.3) is 92.4 Å². The summed E-state index contributed by atoms with van der Waals surface area (Å²) in [5, 5.41) is 15.2. The number of aromatic nitrogens is 2. The van der Waals surface area contributed by atoms with E-state index in [9.17, 15) is 5.26 Å². The summed E-state index contributed by atoms with van der Waals surface area (Å²) < 4.78 is 4.74. The van der Waals surface area contributed by atoms with Crippen LogP contribution in [-0.2, 0) is 0 Å². The zero-order valence-corrected chi connectivity index (χ0v) is 28.8. The topological polar surface area (TPSA) is 41.6 Å². The van der Waals surface area contributed by atoms with Gasteiger partial charge in [-0.25, -0.2) is 4.98 Å². The van der Waals surface area contributed by atoms with Crippen LogP contribution < -0.4 is 0 Å². The second-order valence-corrected chi connectivity index (χ2v) is 14.1. The third-order valence-corrected chi connectivity index (χ3v) is 11.2. The Bertz CT molecular complexity index is 2910. The van der Waals surface area contributed by atoms with E-state index in [2.05, 4.69) is 168 Å². The largest absolute Gasteiger partial charge is 0.309 e. The minimum absolute atomic E-state index is 0.648. The van der Waals surface area contributed by atoms with E-state index in [1.165, 1.54) is 30.9 Å². The fraction of sp³-hybridized carbons (Fsp3) is 0. The highest BCUT2D eigenvalue weighted by Crippen LogP contribution is 2.42. The third-order valence-electron chi connectivity index (χ3n) is 10.0. The quantitative estimate of drug-likeness (QED) is 0.182. The van der Waals surface area contributed by atoms with Crippen molar-refractivity contribution in [3.8, 4) is 56.5 Å². The summed E-state index contributed by atoms with van der Waals surface area (Å²) in [6.45, 7) is 0. The van der Waals surface area contributed by atoms with Crippen molar-refractivity contribution in [2.75, 3.05) is 0 Å². The Morgan fingerprint density at radius 1 is 0.442 bits per heavy atom. The van der Waals surface area contributed by atoms with E-state index in [0.29, 0.717) is 5.56 Å². The molecule has 4 heteroatoms. The molecule has 10 aromatic rings. The number of benzene rings is 7. The molecule has 52 heavy (non-hydrogen) atoms. The molecule has 0 spiro atoms. The number of fused-ring (bicyclic) bond motifs is 6. The highest BCUT2D eigenvalue weighted by Gasteiger charge is 2.19. The van der Waals surface area contributed by atoms with Crippen LogP contribution in [0.2, 0.25) is 0 Å². The van der Waals surface area contributed by atoms with E-state index in [1.54, 1.807) is 11.3 Å². The Labute approximate surface area is 304 Å². The van der Waals surface area contributed by atoms with Crippen LogP contribution in [0.3, 0.4) is 0 Å². The van der Waals surface area contributed by atoms with Crippen molar-refractivity contribution in [2.45, 2.75) is 0 Å². The van der Waals surface area contributed by atoms with Crippen LogP contribution >= 0.6 is 11.3 Å². The van der Waals surface area contributed by atoms with Crippen LogP contribution in [0.5, 0.6) is 0 Å². The monoisotopic (exact) mass is 679 g/mol. The van der Waals surface area contributed by atoms with E-state index in [0.717, 1.165) is 61.5 Å². The lowest BCUT2D eigenvalue weighted by atomic mass is 9.96. The van der Waals surface area contributed by atoms with Gasteiger partial charge in [0.05, 0.1) is 39.7 Å². The van der Waals surface area contributed by atoms with Crippen LogP contribution in [0.1, 0.15) is 5.56 Å². The fourth-order valence-electron chi connectivity index (χ4n) is 7.63. The molecule has 0 radical (unpaired) electrons. The molecular weight excluding hydrogens is 651 g/mol. The molecule has 0 saturated carbocycles. The summed E-state index contributed by atoms with van der Waals surface area (Å²) in [7, 11) is 0. The van der Waals surface area contributed by atoms with Gasteiger partial charge < -0.3 is 4.57 Å². The van der Waals surface area contributed by atoms with Crippen molar-refractivity contribution in [1.29, 1.82) is 5.26 Å². The van der Waals surface area contributed by atoms with Gasteiger partial charge in [-0.2, -0.15) is 5.26 Å². The number of nitriles is 1. The summed E-state index contributed by atoms with van der Waals surface area (Å²) in [5.41, 5.74) is 12.1. The number of para-hydroxylation sites is 2. The van der Waals surface area contributed by atoms with Gasteiger partial charge in [0.2, 0.25) is 0 Å². The number of nitrogens with zero attached hydrogens (tertiary/aromatic N) is 3. The number of hydrogen-bond acceptors (Lipinski definition) is 3. The van der Waals surface area contributed by atoms with E-state index in [4.69, 9.17) is 4.98 Å². The van der Waals surface area contributed by atoms with Crippen LogP contribution in [0.4, 0.5) is 0 Å². The summed E-state index contributed by atoms with van der Waals surface area (Å²) in [4.78, 5) is 5.21. The molecular formula is C48H29N3S. The lowest BCUT2D eigenvalue weighted by Gasteiger charge is -2.15. The van der Waals surface area contributed by atoms with E-state index in [1.807, 2.05) is 18.2 Å². The molecule has 0 aliphatic carbocycles. The van der Waals surface area contributed by atoms with Gasteiger partial charge in [-0.1, -0.05) is 115 Å². The molecule has 0 atom stereocenters. The predicted octanol–water partition coefficient (Wildman–Crippen LogP) is 13.1. The minimum Gasteiger partial charge on any atom is -0.309 e. The second-order valence-electron chi connectivity index (χ2n) is 13.1.